The fourth-order valence-corrected chi connectivity index (χ4v) is 4.67. The Balaban J connectivity index is 1.37. The monoisotopic (exact) mass is 440 g/mol. The number of aromatic nitrogens is 2. The molecule has 1 aliphatic carbocycles. The lowest BCUT2D eigenvalue weighted by Gasteiger charge is -2.08. The molecule has 8 heteroatoms. The van der Waals surface area contributed by atoms with E-state index >= 15 is 0 Å². The Hall–Kier alpha value is -2.71. The molecule has 0 bridgehead atoms. The van der Waals surface area contributed by atoms with Crippen molar-refractivity contribution in [1.82, 2.24) is 14.9 Å². The number of nitrogens with one attached hydrogen (secondary N) is 1. The smallest absolute Gasteiger partial charge is 0.238 e. The van der Waals surface area contributed by atoms with E-state index in [1.54, 1.807) is 6.07 Å². The molecule has 1 saturated carbocycles. The Labute approximate surface area is 182 Å². The molecule has 0 saturated heterocycles. The van der Waals surface area contributed by atoms with Crippen molar-refractivity contribution < 1.29 is 13.2 Å². The highest BCUT2D eigenvalue weighted by atomic mass is 32.2. The van der Waals surface area contributed by atoms with E-state index in [-0.39, 0.29) is 10.8 Å². The molecule has 0 aliphatic heterocycles. The number of carbonyl (C=O) groups excluding carboxylic acids is 1. The van der Waals surface area contributed by atoms with Gasteiger partial charge in [0, 0.05) is 25.9 Å². The number of nitrogens with two attached hydrogens (primary N) is 1. The Morgan fingerprint density at radius 1 is 1.23 bits per heavy atom. The average Bonchev–Trinajstić information content (AvgIpc) is 3.45. The highest BCUT2D eigenvalue weighted by molar-refractivity contribution is 7.89. The van der Waals surface area contributed by atoms with Gasteiger partial charge in [-0.1, -0.05) is 37.3 Å². The summed E-state index contributed by atoms with van der Waals surface area (Å²) in [4.78, 5) is 17.1. The number of nitrogens with zero attached hydrogens (tertiary/aromatic N) is 2. The number of imidazole rings is 1. The Bertz CT molecular complexity index is 1190. The highest BCUT2D eigenvalue weighted by Crippen LogP contribution is 2.46. The maximum atomic E-state index is 12.4. The van der Waals surface area contributed by atoms with Crippen molar-refractivity contribution >= 4 is 27.0 Å². The zero-order chi connectivity index (χ0) is 22.0. The molecule has 2 atom stereocenters. The van der Waals surface area contributed by atoms with Gasteiger partial charge in [-0.3, -0.25) is 4.79 Å². The molecule has 3 aromatic rings. The summed E-state index contributed by atoms with van der Waals surface area (Å²) in [7, 11) is -3.78. The predicted octanol–water partition coefficient (Wildman–Crippen LogP) is 2.95. The highest BCUT2D eigenvalue weighted by Gasteiger charge is 2.37. The number of primary sulfonamides is 1. The first-order valence-corrected chi connectivity index (χ1v) is 12.2. The fourth-order valence-electron chi connectivity index (χ4n) is 4.14. The van der Waals surface area contributed by atoms with Crippen LogP contribution >= 0.6 is 0 Å². The van der Waals surface area contributed by atoms with Gasteiger partial charge in [0.05, 0.1) is 15.9 Å². The maximum Gasteiger partial charge on any atom is 0.238 e. The van der Waals surface area contributed by atoms with Gasteiger partial charge in [-0.15, -0.1) is 0 Å². The second-order valence-corrected chi connectivity index (χ2v) is 9.75. The summed E-state index contributed by atoms with van der Waals surface area (Å²) in [5.41, 5.74) is 2.78. The molecule has 4 rings (SSSR count). The van der Waals surface area contributed by atoms with Crippen molar-refractivity contribution in [2.45, 2.75) is 50.0 Å². The van der Waals surface area contributed by atoms with Gasteiger partial charge in [-0.05, 0) is 48.4 Å². The third kappa shape index (κ3) is 4.97. The van der Waals surface area contributed by atoms with E-state index in [2.05, 4.69) is 46.1 Å². The van der Waals surface area contributed by atoms with Gasteiger partial charge in [0.15, 0.2) is 0 Å². The van der Waals surface area contributed by atoms with Gasteiger partial charge in [-0.2, -0.15) is 0 Å². The first-order valence-electron chi connectivity index (χ1n) is 10.7. The van der Waals surface area contributed by atoms with Crippen LogP contribution in [0.2, 0.25) is 0 Å². The van der Waals surface area contributed by atoms with E-state index in [0.717, 1.165) is 30.7 Å². The summed E-state index contributed by atoms with van der Waals surface area (Å²) in [5.74, 6) is 1.85. The predicted molar refractivity (Wildman–Crippen MR) is 120 cm³/mol. The van der Waals surface area contributed by atoms with Crippen molar-refractivity contribution in [3.05, 3.63) is 59.9 Å². The summed E-state index contributed by atoms with van der Waals surface area (Å²) in [6, 6.07) is 15.1. The maximum absolute atomic E-state index is 12.4. The summed E-state index contributed by atoms with van der Waals surface area (Å²) in [5, 5.41) is 8.30. The molecule has 1 fully saturated rings. The number of benzene rings is 2. The molecule has 2 aromatic carbocycles. The quantitative estimate of drug-likeness (QED) is 0.533. The average molecular weight is 441 g/mol. The molecule has 7 nitrogen and oxygen atoms in total. The molecular weight excluding hydrogens is 412 g/mol. The van der Waals surface area contributed by atoms with Gasteiger partial charge in [0.1, 0.15) is 5.82 Å². The summed E-state index contributed by atoms with van der Waals surface area (Å²) in [6.07, 6.45) is 2.86. The van der Waals surface area contributed by atoms with Gasteiger partial charge < -0.3 is 9.88 Å². The van der Waals surface area contributed by atoms with Gasteiger partial charge in [0.25, 0.3) is 0 Å². The van der Waals surface area contributed by atoms with Crippen LogP contribution in [0.15, 0.2) is 53.4 Å². The molecule has 1 aromatic heterocycles. The number of amides is 1. The minimum atomic E-state index is -3.78. The molecular formula is C23H28N4O3S. The molecule has 3 N–H and O–H groups in total. The molecule has 0 radical (unpaired) electrons. The van der Waals surface area contributed by atoms with E-state index in [0.29, 0.717) is 36.7 Å². The zero-order valence-corrected chi connectivity index (χ0v) is 18.4. The summed E-state index contributed by atoms with van der Waals surface area (Å²) >= 11 is 0. The van der Waals surface area contributed by atoms with E-state index in [4.69, 9.17) is 5.14 Å². The molecule has 31 heavy (non-hydrogen) atoms. The third-order valence-electron chi connectivity index (χ3n) is 5.86. The number of aryl methyl sites for hydroxylation is 2. The van der Waals surface area contributed by atoms with Crippen molar-refractivity contribution in [1.29, 1.82) is 0 Å². The molecule has 0 spiro atoms. The second-order valence-electron chi connectivity index (χ2n) is 8.19. The van der Waals surface area contributed by atoms with Crippen molar-refractivity contribution in [2.75, 3.05) is 6.54 Å². The normalized spacial score (nSPS) is 18.3. The van der Waals surface area contributed by atoms with Gasteiger partial charge >= 0.3 is 0 Å². The minimum Gasteiger partial charge on any atom is -0.356 e. The molecule has 1 amide bonds. The fraction of sp³-hybridized carbons (Fsp3) is 0.391. The lowest BCUT2D eigenvalue weighted by Crippen LogP contribution is -2.26. The zero-order valence-electron chi connectivity index (χ0n) is 17.6. The number of fused-ring (bicyclic) bond motifs is 1. The SMILES string of the molecule is CCCn1c(CCC(=O)NCC2CC2c2ccccc2)nc2cc(S(N)(=O)=O)ccc21. The Morgan fingerprint density at radius 2 is 2.00 bits per heavy atom. The van der Waals surface area contributed by atoms with Crippen molar-refractivity contribution in [3.8, 4) is 0 Å². The molecule has 1 aliphatic rings. The Kier molecular flexibility index (Phi) is 6.11. The van der Waals surface area contributed by atoms with Crippen LogP contribution in [-0.4, -0.2) is 30.4 Å². The van der Waals surface area contributed by atoms with Crippen molar-refractivity contribution in [3.63, 3.8) is 0 Å². The molecule has 164 valence electrons. The standard InChI is InChI=1S/C23H28N4O3S/c1-2-12-27-21-9-8-18(31(24,29)30)14-20(21)26-22(27)10-11-23(28)25-15-17-13-19(17)16-6-4-3-5-7-16/h3-9,14,17,19H,2,10-13,15H2,1H3,(H,25,28)(H2,24,29,30). The van der Waals surface area contributed by atoms with E-state index in [9.17, 15) is 13.2 Å². The number of rotatable bonds is 9. The van der Waals surface area contributed by atoms with Crippen molar-refractivity contribution in [2.24, 2.45) is 11.1 Å². The lowest BCUT2D eigenvalue weighted by molar-refractivity contribution is -0.121. The van der Waals surface area contributed by atoms with E-state index < -0.39 is 10.0 Å². The van der Waals surface area contributed by atoms with Crippen LogP contribution in [0.25, 0.3) is 11.0 Å². The van der Waals surface area contributed by atoms with E-state index in [1.807, 2.05) is 6.07 Å². The number of hydrogen-bond acceptors (Lipinski definition) is 4. The first-order chi connectivity index (χ1) is 14.9. The van der Waals surface area contributed by atoms with Gasteiger partial charge in [0.2, 0.25) is 15.9 Å². The van der Waals surface area contributed by atoms with Crippen LogP contribution in [0.3, 0.4) is 0 Å². The van der Waals surface area contributed by atoms with E-state index in [1.165, 1.54) is 17.7 Å². The molecule has 1 heterocycles. The minimum absolute atomic E-state index is 0.0130. The van der Waals surface area contributed by atoms with Gasteiger partial charge in [-0.25, -0.2) is 18.5 Å². The summed E-state index contributed by atoms with van der Waals surface area (Å²) < 4.78 is 25.3. The molecule has 2 unspecified atom stereocenters. The topological polar surface area (TPSA) is 107 Å². The third-order valence-corrected chi connectivity index (χ3v) is 6.77. The number of sulfonamides is 1. The largest absolute Gasteiger partial charge is 0.356 e. The van der Waals surface area contributed by atoms with Crippen LogP contribution in [-0.2, 0) is 27.8 Å². The van der Waals surface area contributed by atoms with Crippen LogP contribution in [0, 0.1) is 5.92 Å². The summed E-state index contributed by atoms with van der Waals surface area (Å²) in [6.45, 7) is 3.52. The van der Waals surface area contributed by atoms with Crippen LogP contribution in [0.5, 0.6) is 0 Å². The van der Waals surface area contributed by atoms with Crippen LogP contribution in [0.1, 0.15) is 43.5 Å². The Morgan fingerprint density at radius 3 is 2.71 bits per heavy atom. The number of carbonyl (C=O) groups is 1. The van der Waals surface area contributed by atoms with Crippen LogP contribution in [0.4, 0.5) is 0 Å². The lowest BCUT2D eigenvalue weighted by atomic mass is 10.1. The second kappa shape index (κ2) is 8.80. The first kappa shape index (κ1) is 21.5. The number of hydrogen-bond donors (Lipinski definition) is 2. The van der Waals surface area contributed by atoms with Crippen LogP contribution < -0.4 is 10.5 Å².